The molecule has 6 nitrogen and oxygen atoms in total. The van der Waals surface area contributed by atoms with E-state index in [1.807, 2.05) is 6.92 Å². The van der Waals surface area contributed by atoms with E-state index in [-0.39, 0.29) is 22.4 Å². The lowest BCUT2D eigenvalue weighted by Crippen LogP contribution is -2.21. The zero-order valence-electron chi connectivity index (χ0n) is 14.8. The molecule has 2 aromatic heterocycles. The molecule has 4 rings (SSSR count). The minimum absolute atomic E-state index is 0.0244. The molecule has 0 fully saturated rings. The largest absolute Gasteiger partial charge is 0.460 e. The van der Waals surface area contributed by atoms with Gasteiger partial charge in [0.05, 0.1) is 10.7 Å². The summed E-state index contributed by atoms with van der Waals surface area (Å²) in [5, 5.41) is 3.70. The van der Waals surface area contributed by atoms with Crippen LogP contribution >= 0.6 is 11.6 Å². The molecule has 0 amide bonds. The number of aldehydes is 1. The van der Waals surface area contributed by atoms with Gasteiger partial charge in [0.2, 0.25) is 5.90 Å². The SMILES string of the molecule is Cc1ccc2c(c1)N=C(c1cc(C(F)(F)F)nn1-c1ncccc1Cl)OC2C=O. The van der Waals surface area contributed by atoms with E-state index in [1.165, 1.54) is 18.3 Å². The van der Waals surface area contributed by atoms with Crippen LogP contribution in [0, 0.1) is 6.92 Å². The quantitative estimate of drug-likeness (QED) is 0.581. The van der Waals surface area contributed by atoms with E-state index in [1.54, 1.807) is 18.2 Å². The number of aliphatic imine (C=N–C) groups is 1. The highest BCUT2D eigenvalue weighted by Crippen LogP contribution is 2.36. The van der Waals surface area contributed by atoms with E-state index in [0.717, 1.165) is 16.3 Å². The Labute approximate surface area is 167 Å². The Morgan fingerprint density at radius 3 is 2.72 bits per heavy atom. The van der Waals surface area contributed by atoms with E-state index in [4.69, 9.17) is 16.3 Å². The summed E-state index contributed by atoms with van der Waals surface area (Å²) in [4.78, 5) is 19.9. The minimum Gasteiger partial charge on any atom is -0.460 e. The number of hydrogen-bond acceptors (Lipinski definition) is 5. The minimum atomic E-state index is -4.71. The van der Waals surface area contributed by atoms with Gasteiger partial charge in [-0.2, -0.15) is 18.3 Å². The van der Waals surface area contributed by atoms with Crippen LogP contribution in [0.25, 0.3) is 5.82 Å². The molecule has 3 aromatic rings. The standard InChI is InChI=1S/C19H12ClF3N4O2/c1-10-4-5-11-13(7-10)25-18(29-15(11)9-28)14-8-16(19(21,22)23)26-27(14)17-12(20)3-2-6-24-17/h2-9,15H,1H3. The van der Waals surface area contributed by atoms with Gasteiger partial charge in [0.25, 0.3) is 0 Å². The molecule has 148 valence electrons. The number of aryl methyl sites for hydroxylation is 1. The van der Waals surface area contributed by atoms with E-state index in [9.17, 15) is 18.0 Å². The lowest BCUT2D eigenvalue weighted by molar-refractivity contribution is -0.141. The number of rotatable bonds is 3. The van der Waals surface area contributed by atoms with Crippen LogP contribution in [-0.2, 0) is 15.7 Å². The highest BCUT2D eigenvalue weighted by Gasteiger charge is 2.37. The van der Waals surface area contributed by atoms with Crippen LogP contribution in [0.1, 0.15) is 28.6 Å². The Hall–Kier alpha value is -3.20. The topological polar surface area (TPSA) is 69.4 Å². The maximum Gasteiger partial charge on any atom is 0.435 e. The van der Waals surface area contributed by atoms with E-state index in [2.05, 4.69) is 15.1 Å². The molecule has 10 heteroatoms. The molecule has 3 heterocycles. The van der Waals surface area contributed by atoms with Crippen molar-refractivity contribution < 1.29 is 22.7 Å². The Kier molecular flexibility index (Phi) is 4.62. The number of hydrogen-bond donors (Lipinski definition) is 0. The lowest BCUT2D eigenvalue weighted by Gasteiger charge is -2.22. The molecule has 29 heavy (non-hydrogen) atoms. The van der Waals surface area contributed by atoms with Crippen LogP contribution in [-0.4, -0.2) is 26.9 Å². The summed E-state index contributed by atoms with van der Waals surface area (Å²) in [6.45, 7) is 1.83. The normalized spacial score (nSPS) is 16.0. The third kappa shape index (κ3) is 3.49. The summed E-state index contributed by atoms with van der Waals surface area (Å²) in [7, 11) is 0. The Morgan fingerprint density at radius 1 is 1.24 bits per heavy atom. The fourth-order valence-corrected chi connectivity index (χ4v) is 3.10. The predicted octanol–water partition coefficient (Wildman–Crippen LogP) is 4.60. The average Bonchev–Trinajstić information content (AvgIpc) is 3.12. The maximum absolute atomic E-state index is 13.3. The van der Waals surface area contributed by atoms with Crippen molar-refractivity contribution >= 4 is 29.5 Å². The third-order valence-electron chi connectivity index (χ3n) is 4.24. The van der Waals surface area contributed by atoms with E-state index < -0.39 is 18.0 Å². The number of fused-ring (bicyclic) bond motifs is 1. The fraction of sp³-hybridized carbons (Fsp3) is 0.158. The van der Waals surface area contributed by atoms with Gasteiger partial charge in [-0.1, -0.05) is 23.7 Å². The Bertz CT molecular complexity index is 1140. The first kappa shape index (κ1) is 19.1. The van der Waals surface area contributed by atoms with Gasteiger partial charge in [0.1, 0.15) is 5.69 Å². The van der Waals surface area contributed by atoms with Gasteiger partial charge >= 0.3 is 6.18 Å². The zero-order chi connectivity index (χ0) is 20.8. The smallest absolute Gasteiger partial charge is 0.435 e. The van der Waals surface area contributed by atoms with E-state index >= 15 is 0 Å². The molecule has 0 aliphatic carbocycles. The van der Waals surface area contributed by atoms with Crippen molar-refractivity contribution in [3.8, 4) is 5.82 Å². The summed E-state index contributed by atoms with van der Waals surface area (Å²) < 4.78 is 46.5. The van der Waals surface area contributed by atoms with Crippen LogP contribution in [0.2, 0.25) is 5.02 Å². The summed E-state index contributed by atoms with van der Waals surface area (Å²) >= 11 is 6.11. The predicted molar refractivity (Wildman–Crippen MR) is 98.6 cm³/mol. The molecule has 1 aliphatic rings. The van der Waals surface area contributed by atoms with Gasteiger partial charge in [0, 0.05) is 17.8 Å². The molecule has 0 saturated carbocycles. The molecule has 1 aliphatic heterocycles. The first-order chi connectivity index (χ1) is 13.8. The van der Waals surface area contributed by atoms with E-state index in [0.29, 0.717) is 17.5 Å². The van der Waals surface area contributed by atoms with Crippen molar-refractivity contribution in [1.82, 2.24) is 14.8 Å². The summed E-state index contributed by atoms with van der Waals surface area (Å²) in [5.74, 6) is -0.214. The molecular formula is C19H12ClF3N4O2. The van der Waals surface area contributed by atoms with Crippen LogP contribution in [0.3, 0.4) is 0 Å². The van der Waals surface area contributed by atoms with Crippen LogP contribution in [0.5, 0.6) is 0 Å². The van der Waals surface area contributed by atoms with Crippen molar-refractivity contribution in [2.75, 3.05) is 0 Å². The Morgan fingerprint density at radius 2 is 2.03 bits per heavy atom. The summed E-state index contributed by atoms with van der Waals surface area (Å²) in [5.41, 5.74) is 0.523. The number of pyridine rings is 1. The van der Waals surface area contributed by atoms with Gasteiger partial charge in [-0.25, -0.2) is 14.7 Å². The van der Waals surface area contributed by atoms with Crippen molar-refractivity contribution in [2.45, 2.75) is 19.2 Å². The monoisotopic (exact) mass is 420 g/mol. The van der Waals surface area contributed by atoms with Crippen LogP contribution in [0.15, 0.2) is 47.6 Å². The summed E-state index contributed by atoms with van der Waals surface area (Å²) in [6.07, 6.45) is -3.80. The highest BCUT2D eigenvalue weighted by molar-refractivity contribution is 6.32. The molecule has 0 bridgehead atoms. The number of nitrogens with zero attached hydrogens (tertiary/aromatic N) is 4. The lowest BCUT2D eigenvalue weighted by atomic mass is 10.0. The number of alkyl halides is 3. The van der Waals surface area contributed by atoms with Crippen molar-refractivity contribution in [3.63, 3.8) is 0 Å². The summed E-state index contributed by atoms with van der Waals surface area (Å²) in [6, 6.07) is 8.99. The number of halogens is 4. The van der Waals surface area contributed by atoms with Gasteiger partial charge < -0.3 is 4.74 Å². The molecule has 0 saturated heterocycles. The third-order valence-corrected chi connectivity index (χ3v) is 4.53. The molecular weight excluding hydrogens is 409 g/mol. The van der Waals surface area contributed by atoms with Crippen LogP contribution < -0.4 is 0 Å². The number of carbonyl (C=O) groups excluding carboxylic acids is 1. The molecule has 0 N–H and O–H groups in total. The maximum atomic E-state index is 13.3. The number of ether oxygens (including phenoxy) is 1. The first-order valence-corrected chi connectivity index (χ1v) is 8.75. The number of carbonyl (C=O) groups is 1. The number of aromatic nitrogens is 3. The molecule has 0 spiro atoms. The second kappa shape index (κ2) is 7.00. The van der Waals surface area contributed by atoms with Gasteiger partial charge in [0.15, 0.2) is 23.9 Å². The van der Waals surface area contributed by atoms with Gasteiger partial charge in [-0.3, -0.25) is 4.79 Å². The van der Waals surface area contributed by atoms with Gasteiger partial charge in [-0.15, -0.1) is 0 Å². The molecule has 0 radical (unpaired) electrons. The average molecular weight is 421 g/mol. The van der Waals surface area contributed by atoms with Crippen molar-refractivity contribution in [3.05, 3.63) is 70.1 Å². The molecule has 1 unspecified atom stereocenters. The van der Waals surface area contributed by atoms with Crippen molar-refractivity contribution in [2.24, 2.45) is 4.99 Å². The van der Waals surface area contributed by atoms with Crippen LogP contribution in [0.4, 0.5) is 18.9 Å². The second-order valence-electron chi connectivity index (χ2n) is 6.29. The molecule has 1 aromatic carbocycles. The Balaban J connectivity index is 1.94. The zero-order valence-corrected chi connectivity index (χ0v) is 15.6. The van der Waals surface area contributed by atoms with Gasteiger partial charge in [-0.05, 0) is 30.7 Å². The second-order valence-corrected chi connectivity index (χ2v) is 6.69. The number of benzene rings is 1. The molecule has 1 atom stereocenters. The van der Waals surface area contributed by atoms with Crippen molar-refractivity contribution in [1.29, 1.82) is 0 Å². The first-order valence-electron chi connectivity index (χ1n) is 8.37. The highest BCUT2D eigenvalue weighted by atomic mass is 35.5. The fourth-order valence-electron chi connectivity index (χ4n) is 2.90.